The second-order valence-electron chi connectivity index (χ2n) is 3.42. The van der Waals surface area contributed by atoms with Crippen molar-refractivity contribution in [3.05, 3.63) is 28.3 Å². The Hall–Kier alpha value is -1.83. The third-order valence-corrected chi connectivity index (χ3v) is 3.10. The third-order valence-electron chi connectivity index (χ3n) is 2.14. The van der Waals surface area contributed by atoms with Gasteiger partial charge in [0.1, 0.15) is 11.1 Å². The van der Waals surface area contributed by atoms with E-state index in [1.54, 1.807) is 6.92 Å². The van der Waals surface area contributed by atoms with Gasteiger partial charge in [0.15, 0.2) is 5.69 Å². The standard InChI is InChI=1S/C11H8F3NO3S/c1-2-17-10(16)7-5-18-9(15-7)6-3-4-19-8(6)11(12,13)14/h3-5H,2H2,1H3. The van der Waals surface area contributed by atoms with Crippen molar-refractivity contribution in [1.82, 2.24) is 4.98 Å². The van der Waals surface area contributed by atoms with Gasteiger partial charge in [-0.2, -0.15) is 13.2 Å². The van der Waals surface area contributed by atoms with Crippen LogP contribution in [0.25, 0.3) is 11.5 Å². The summed E-state index contributed by atoms with van der Waals surface area (Å²) >= 11 is 0.538. The first-order chi connectivity index (χ1) is 8.93. The molecule has 19 heavy (non-hydrogen) atoms. The van der Waals surface area contributed by atoms with E-state index < -0.39 is 17.0 Å². The Bertz CT molecular complexity index is 588. The molecule has 2 aromatic rings. The lowest BCUT2D eigenvalue weighted by Crippen LogP contribution is -2.05. The molecule has 0 aliphatic heterocycles. The van der Waals surface area contributed by atoms with Crippen molar-refractivity contribution >= 4 is 17.3 Å². The minimum atomic E-state index is -4.48. The zero-order valence-electron chi connectivity index (χ0n) is 9.65. The Labute approximate surface area is 109 Å². The lowest BCUT2D eigenvalue weighted by molar-refractivity contribution is -0.133. The van der Waals surface area contributed by atoms with Crippen molar-refractivity contribution in [1.29, 1.82) is 0 Å². The van der Waals surface area contributed by atoms with E-state index in [0.29, 0.717) is 11.3 Å². The molecular formula is C11H8F3NO3S. The highest BCUT2D eigenvalue weighted by Crippen LogP contribution is 2.40. The fraction of sp³-hybridized carbons (Fsp3) is 0.273. The number of esters is 1. The van der Waals surface area contributed by atoms with Crippen molar-refractivity contribution in [3.8, 4) is 11.5 Å². The average Bonchev–Trinajstić information content (AvgIpc) is 2.97. The number of carbonyl (C=O) groups excluding carboxylic acids is 1. The molecule has 0 spiro atoms. The summed E-state index contributed by atoms with van der Waals surface area (Å²) in [7, 11) is 0. The first-order valence-corrected chi connectivity index (χ1v) is 6.09. The van der Waals surface area contributed by atoms with Crippen LogP contribution < -0.4 is 0 Å². The van der Waals surface area contributed by atoms with Gasteiger partial charge in [0, 0.05) is 0 Å². The van der Waals surface area contributed by atoms with Gasteiger partial charge in [-0.25, -0.2) is 9.78 Å². The van der Waals surface area contributed by atoms with Gasteiger partial charge in [-0.05, 0) is 18.4 Å². The van der Waals surface area contributed by atoms with E-state index in [9.17, 15) is 18.0 Å². The third kappa shape index (κ3) is 2.78. The number of hydrogen-bond donors (Lipinski definition) is 0. The van der Waals surface area contributed by atoms with Crippen LogP contribution in [-0.4, -0.2) is 17.6 Å². The Balaban J connectivity index is 2.34. The molecule has 0 atom stereocenters. The van der Waals surface area contributed by atoms with Crippen LogP contribution in [0.1, 0.15) is 22.3 Å². The summed E-state index contributed by atoms with van der Waals surface area (Å²) in [5.74, 6) is -0.988. The Kier molecular flexibility index (Phi) is 3.61. The number of ether oxygens (including phenoxy) is 1. The van der Waals surface area contributed by atoms with Crippen LogP contribution >= 0.6 is 11.3 Å². The summed E-state index contributed by atoms with van der Waals surface area (Å²) in [4.78, 5) is 14.2. The molecule has 4 nitrogen and oxygen atoms in total. The minimum absolute atomic E-state index is 0.146. The Morgan fingerprint density at radius 3 is 2.89 bits per heavy atom. The van der Waals surface area contributed by atoms with Crippen LogP contribution in [0, 0.1) is 0 Å². The van der Waals surface area contributed by atoms with Crippen LogP contribution in [0.15, 0.2) is 22.1 Å². The van der Waals surface area contributed by atoms with Crippen molar-refractivity contribution in [2.45, 2.75) is 13.1 Å². The van der Waals surface area contributed by atoms with E-state index in [1.807, 2.05) is 0 Å². The number of aromatic nitrogens is 1. The van der Waals surface area contributed by atoms with Crippen LogP contribution in [0.2, 0.25) is 0 Å². The summed E-state index contributed by atoms with van der Waals surface area (Å²) < 4.78 is 47.7. The van der Waals surface area contributed by atoms with Gasteiger partial charge < -0.3 is 9.15 Å². The summed E-state index contributed by atoms with van der Waals surface area (Å²) in [6.45, 7) is 1.76. The maximum atomic E-state index is 12.7. The van der Waals surface area contributed by atoms with Crippen molar-refractivity contribution in [3.63, 3.8) is 0 Å². The topological polar surface area (TPSA) is 52.3 Å². The number of hydrogen-bond acceptors (Lipinski definition) is 5. The molecule has 2 heterocycles. The van der Waals surface area contributed by atoms with Crippen LogP contribution in [0.4, 0.5) is 13.2 Å². The number of nitrogens with zero attached hydrogens (tertiary/aromatic N) is 1. The van der Waals surface area contributed by atoms with Gasteiger partial charge in [0.25, 0.3) is 0 Å². The molecule has 0 aliphatic rings. The Morgan fingerprint density at radius 1 is 1.53 bits per heavy atom. The van der Waals surface area contributed by atoms with Crippen LogP contribution in [0.5, 0.6) is 0 Å². The zero-order valence-corrected chi connectivity index (χ0v) is 10.5. The van der Waals surface area contributed by atoms with Gasteiger partial charge in [0.2, 0.25) is 5.89 Å². The van der Waals surface area contributed by atoms with E-state index >= 15 is 0 Å². The number of thiophene rings is 1. The molecule has 8 heteroatoms. The fourth-order valence-corrected chi connectivity index (χ4v) is 2.15. The molecule has 0 amide bonds. The minimum Gasteiger partial charge on any atom is -0.461 e. The molecule has 102 valence electrons. The molecule has 0 fully saturated rings. The van der Waals surface area contributed by atoms with Gasteiger partial charge in [-0.3, -0.25) is 0 Å². The summed E-state index contributed by atoms with van der Waals surface area (Å²) in [6.07, 6.45) is -3.51. The first kappa shape index (κ1) is 13.6. The largest absolute Gasteiger partial charge is 0.461 e. The SMILES string of the molecule is CCOC(=O)c1coc(-c2ccsc2C(F)(F)F)n1. The monoisotopic (exact) mass is 291 g/mol. The number of oxazole rings is 1. The second-order valence-corrected chi connectivity index (χ2v) is 4.34. The molecule has 0 N–H and O–H groups in total. The van der Waals surface area contributed by atoms with E-state index in [2.05, 4.69) is 9.72 Å². The fourth-order valence-electron chi connectivity index (χ4n) is 1.39. The maximum absolute atomic E-state index is 12.7. The molecule has 2 aromatic heterocycles. The van der Waals surface area contributed by atoms with Crippen LogP contribution in [-0.2, 0) is 10.9 Å². The zero-order chi connectivity index (χ0) is 14.0. The molecule has 0 radical (unpaired) electrons. The molecular weight excluding hydrogens is 283 g/mol. The Morgan fingerprint density at radius 2 is 2.26 bits per heavy atom. The summed E-state index contributed by atoms with van der Waals surface area (Å²) in [5, 5.41) is 1.28. The molecule has 0 saturated heterocycles. The molecule has 0 saturated carbocycles. The highest BCUT2D eigenvalue weighted by molar-refractivity contribution is 7.10. The van der Waals surface area contributed by atoms with E-state index in [0.717, 1.165) is 6.26 Å². The van der Waals surface area contributed by atoms with Gasteiger partial charge >= 0.3 is 12.1 Å². The van der Waals surface area contributed by atoms with Crippen molar-refractivity contribution in [2.75, 3.05) is 6.61 Å². The van der Waals surface area contributed by atoms with Gasteiger partial charge in [0.05, 0.1) is 12.2 Å². The lowest BCUT2D eigenvalue weighted by Gasteiger charge is -2.04. The summed E-state index contributed by atoms with van der Waals surface area (Å²) in [5.41, 5.74) is -0.343. The van der Waals surface area contributed by atoms with Crippen LogP contribution in [0.3, 0.4) is 0 Å². The molecule has 0 unspecified atom stereocenters. The molecule has 0 aromatic carbocycles. The predicted molar refractivity (Wildman–Crippen MR) is 60.8 cm³/mol. The highest BCUT2D eigenvalue weighted by Gasteiger charge is 2.36. The van der Waals surface area contributed by atoms with Gasteiger partial charge in [-0.15, -0.1) is 11.3 Å². The smallest absolute Gasteiger partial charge is 0.426 e. The quantitative estimate of drug-likeness (QED) is 0.811. The lowest BCUT2D eigenvalue weighted by atomic mass is 10.2. The van der Waals surface area contributed by atoms with E-state index in [4.69, 9.17) is 4.42 Å². The maximum Gasteiger partial charge on any atom is 0.426 e. The average molecular weight is 291 g/mol. The second kappa shape index (κ2) is 5.04. The van der Waals surface area contributed by atoms with Crippen molar-refractivity contribution in [2.24, 2.45) is 0 Å². The van der Waals surface area contributed by atoms with Gasteiger partial charge in [-0.1, -0.05) is 0 Å². The highest BCUT2D eigenvalue weighted by atomic mass is 32.1. The first-order valence-electron chi connectivity index (χ1n) is 5.21. The van der Waals surface area contributed by atoms with Crippen molar-refractivity contribution < 1.29 is 27.1 Å². The number of carbonyl (C=O) groups is 1. The van der Waals surface area contributed by atoms with E-state index in [1.165, 1.54) is 11.4 Å². The number of halogens is 3. The predicted octanol–water partition coefficient (Wildman–Crippen LogP) is 3.60. The molecule has 0 bridgehead atoms. The normalized spacial score (nSPS) is 11.6. The molecule has 0 aliphatic carbocycles. The number of rotatable bonds is 3. The number of alkyl halides is 3. The van der Waals surface area contributed by atoms with E-state index in [-0.39, 0.29) is 23.8 Å². The summed E-state index contributed by atoms with van der Waals surface area (Å²) in [6, 6.07) is 1.24. The molecule has 2 rings (SSSR count).